The monoisotopic (exact) mass is 660 g/mol. The van der Waals surface area contributed by atoms with Crippen molar-refractivity contribution in [1.29, 1.82) is 0 Å². The van der Waals surface area contributed by atoms with E-state index in [2.05, 4.69) is 11.8 Å². The van der Waals surface area contributed by atoms with Gasteiger partial charge in [0.05, 0.1) is 42.1 Å². The highest BCUT2D eigenvalue weighted by Crippen LogP contribution is 2.39. The van der Waals surface area contributed by atoms with Gasteiger partial charge in [0.15, 0.2) is 18.2 Å². The molecule has 2 heterocycles. The zero-order valence-corrected chi connectivity index (χ0v) is 29.8. The molecule has 2 fully saturated rings. The minimum absolute atomic E-state index is 0.0271. The van der Waals surface area contributed by atoms with E-state index in [1.807, 2.05) is 46.0 Å². The number of nitrogens with zero attached hydrogens (tertiary/aromatic N) is 2. The fourth-order valence-electron chi connectivity index (χ4n) is 6.86. The number of rotatable bonds is 8. The molecule has 2 saturated heterocycles. The van der Waals surface area contributed by atoms with Gasteiger partial charge < -0.3 is 33.7 Å². The summed E-state index contributed by atoms with van der Waals surface area (Å²) in [5.41, 5.74) is -2.13. The highest BCUT2D eigenvalue weighted by atomic mass is 16.7. The number of carbonyl (C=O) groups is 3. The molecule has 47 heavy (non-hydrogen) atoms. The van der Waals surface area contributed by atoms with Gasteiger partial charge in [-0.2, -0.15) is 0 Å². The zero-order chi connectivity index (χ0) is 35.1. The number of carbonyl (C=O) groups excluding carboxylic acids is 3. The minimum Gasteiger partial charge on any atom is -0.463 e. The normalized spacial score (nSPS) is 34.7. The summed E-state index contributed by atoms with van der Waals surface area (Å²) in [5.74, 6) is -2.33. The molecule has 0 radical (unpaired) electrons. The van der Waals surface area contributed by atoms with Gasteiger partial charge in [-0.3, -0.25) is 14.5 Å². The number of likely N-dealkylation sites (N-methyl/N-ethyl adjacent to an activating group) is 2. The van der Waals surface area contributed by atoms with Gasteiger partial charge in [-0.25, -0.2) is 4.79 Å². The Kier molecular flexibility index (Phi) is 13.7. The Morgan fingerprint density at radius 2 is 1.79 bits per heavy atom. The third-order valence-electron chi connectivity index (χ3n) is 9.61. The third-order valence-corrected chi connectivity index (χ3v) is 9.61. The molecule has 1 aromatic rings. The summed E-state index contributed by atoms with van der Waals surface area (Å²) < 4.78 is 31.4. The van der Waals surface area contributed by atoms with E-state index in [1.54, 1.807) is 64.3 Å². The molecule has 3 rings (SSSR count). The van der Waals surface area contributed by atoms with E-state index in [0.29, 0.717) is 24.9 Å². The molecule has 0 saturated carbocycles. The molecule has 0 unspecified atom stereocenters. The van der Waals surface area contributed by atoms with Crippen molar-refractivity contribution in [3.05, 3.63) is 48.0 Å². The molecule has 9 atom stereocenters. The van der Waals surface area contributed by atoms with Crippen molar-refractivity contribution >= 4 is 17.7 Å². The predicted octanol–water partition coefficient (Wildman–Crippen LogP) is 3.73. The van der Waals surface area contributed by atoms with E-state index < -0.39 is 47.4 Å². The Hall–Kier alpha value is -2.67. The zero-order valence-electron chi connectivity index (χ0n) is 29.8. The fourth-order valence-corrected chi connectivity index (χ4v) is 6.86. The predicted molar refractivity (Wildman–Crippen MR) is 178 cm³/mol. The molecule has 2 aliphatic heterocycles. The van der Waals surface area contributed by atoms with Gasteiger partial charge >= 0.3 is 11.9 Å². The summed E-state index contributed by atoms with van der Waals surface area (Å²) in [6.45, 7) is 11.3. The van der Waals surface area contributed by atoms with Crippen LogP contribution in [-0.4, -0.2) is 123 Å². The summed E-state index contributed by atoms with van der Waals surface area (Å²) in [6.07, 6.45) is 1.50. The van der Waals surface area contributed by atoms with Crippen molar-refractivity contribution in [3.8, 4) is 0 Å². The number of aliphatic hydroxyl groups excluding tert-OH is 1. The van der Waals surface area contributed by atoms with Crippen LogP contribution in [0.1, 0.15) is 64.7 Å². The Labute approximate surface area is 280 Å². The first-order valence-electron chi connectivity index (χ1n) is 16.5. The molecule has 0 amide bonds. The first-order chi connectivity index (χ1) is 22.0. The molecule has 264 valence electrons. The summed E-state index contributed by atoms with van der Waals surface area (Å²) in [7, 11) is 7.36. The van der Waals surface area contributed by atoms with Gasteiger partial charge in [0, 0.05) is 19.6 Å². The summed E-state index contributed by atoms with van der Waals surface area (Å²) in [4.78, 5) is 45.2. The van der Waals surface area contributed by atoms with Gasteiger partial charge in [0.25, 0.3) is 0 Å². The number of aliphatic hydroxyl groups is 1. The number of methoxy groups -OCH3 is 1. The molecule has 0 spiro atoms. The van der Waals surface area contributed by atoms with Gasteiger partial charge in [-0.05, 0) is 79.7 Å². The van der Waals surface area contributed by atoms with Crippen molar-refractivity contribution in [2.75, 3.05) is 48.0 Å². The van der Waals surface area contributed by atoms with E-state index >= 15 is 0 Å². The number of hydrogen-bond donors (Lipinski definition) is 1. The smallest absolute Gasteiger partial charge is 0.338 e. The second-order valence-corrected chi connectivity index (χ2v) is 14.2. The highest BCUT2D eigenvalue weighted by Gasteiger charge is 2.52. The van der Waals surface area contributed by atoms with Crippen LogP contribution in [0.4, 0.5) is 0 Å². The Bertz CT molecular complexity index is 1220. The largest absolute Gasteiger partial charge is 0.463 e. The quantitative estimate of drug-likeness (QED) is 0.249. The molecular formula is C36H56N2O9. The Morgan fingerprint density at radius 3 is 2.38 bits per heavy atom. The minimum atomic E-state index is -1.51. The second-order valence-electron chi connectivity index (χ2n) is 14.2. The lowest BCUT2D eigenvalue weighted by molar-refractivity contribution is -0.295. The topological polar surface area (TPSA) is 124 Å². The Balaban J connectivity index is 2.08. The van der Waals surface area contributed by atoms with Crippen molar-refractivity contribution in [2.45, 2.75) is 96.7 Å². The molecule has 1 N–H and O–H groups in total. The summed E-state index contributed by atoms with van der Waals surface area (Å²) in [6, 6.07) is 8.21. The van der Waals surface area contributed by atoms with E-state index in [9.17, 15) is 19.5 Å². The number of ketones is 1. The van der Waals surface area contributed by atoms with Crippen LogP contribution in [0.15, 0.2) is 42.5 Å². The number of benzene rings is 1. The molecule has 1 aromatic carbocycles. The van der Waals surface area contributed by atoms with Crippen molar-refractivity contribution in [1.82, 2.24) is 9.80 Å². The fraction of sp³-hybridized carbons (Fsp3) is 0.694. The first-order valence-corrected chi connectivity index (χ1v) is 16.5. The average molecular weight is 661 g/mol. The van der Waals surface area contributed by atoms with Gasteiger partial charge in [-0.1, -0.05) is 44.2 Å². The molecule has 0 aromatic heterocycles. The number of cyclic esters (lactones) is 1. The average Bonchev–Trinajstić information content (AvgIpc) is 3.03. The maximum Gasteiger partial charge on any atom is 0.338 e. The van der Waals surface area contributed by atoms with Crippen LogP contribution < -0.4 is 0 Å². The second kappa shape index (κ2) is 16.6. The van der Waals surface area contributed by atoms with Crippen molar-refractivity contribution in [2.24, 2.45) is 17.3 Å². The van der Waals surface area contributed by atoms with Gasteiger partial charge in [0.2, 0.25) is 0 Å². The molecule has 0 bridgehead atoms. The van der Waals surface area contributed by atoms with Crippen molar-refractivity contribution < 1.29 is 43.2 Å². The molecule has 11 nitrogen and oxygen atoms in total. The molecule has 11 heteroatoms. The molecular weight excluding hydrogens is 604 g/mol. The van der Waals surface area contributed by atoms with E-state index in [0.717, 1.165) is 0 Å². The highest BCUT2D eigenvalue weighted by molar-refractivity contribution is 6.04. The van der Waals surface area contributed by atoms with Crippen LogP contribution >= 0.6 is 0 Å². The summed E-state index contributed by atoms with van der Waals surface area (Å²) in [5, 5.41) is 9.40. The number of ether oxygens (including phenoxy) is 5. The molecule has 0 aliphatic carbocycles. The summed E-state index contributed by atoms with van der Waals surface area (Å²) >= 11 is 0. The SMILES string of the molecule is CO[C@]1(C)C[C@@H](C)CN(C)[C@H](/C=C/CO)COC(=O)C(C)(C)C(=O)[C@H](C)[C@H]1O[C@@H]1O[C@H](C)C[C@H](N(C)C)[C@H]1OC(=O)c1ccccc1. The lowest BCUT2D eigenvalue weighted by Gasteiger charge is -2.47. The van der Waals surface area contributed by atoms with Crippen LogP contribution in [0.25, 0.3) is 0 Å². The number of hydrogen-bond acceptors (Lipinski definition) is 11. The van der Waals surface area contributed by atoms with Crippen LogP contribution in [0, 0.1) is 17.3 Å². The van der Waals surface area contributed by atoms with Crippen LogP contribution in [-0.2, 0) is 33.3 Å². The third kappa shape index (κ3) is 9.49. The van der Waals surface area contributed by atoms with E-state index in [1.165, 1.54) is 0 Å². The van der Waals surface area contributed by atoms with Crippen LogP contribution in [0.5, 0.6) is 0 Å². The lowest BCUT2D eigenvalue weighted by Crippen LogP contribution is -2.60. The maximum absolute atomic E-state index is 14.3. The lowest BCUT2D eigenvalue weighted by atomic mass is 9.74. The van der Waals surface area contributed by atoms with E-state index in [-0.39, 0.29) is 43.1 Å². The number of Topliss-reactive ketones (excluding diaryl/α,β-unsaturated/α-hetero) is 1. The number of esters is 2. The van der Waals surface area contributed by atoms with Gasteiger partial charge in [0.1, 0.15) is 12.0 Å². The van der Waals surface area contributed by atoms with Crippen molar-refractivity contribution in [3.63, 3.8) is 0 Å². The standard InChI is InChI=1S/C36H56N2O9/c1-23-20-36(6,43-10)31(25(3)30(40)35(4,5)34(42)44-22-27(17-14-18-39)38(9)21-23)47-33-29(28(37(7)8)19-24(2)45-33)46-32(41)26-15-12-11-13-16-26/h11-17,23-25,27-29,31,33,39H,18-22H2,1-10H3/b17-14+/t23-,24-,25+,27-,28+,29-,31-,33+,36-/m1/s1. The first kappa shape index (κ1) is 38.8. The molecule has 2 aliphatic rings. The van der Waals surface area contributed by atoms with Gasteiger partial charge in [-0.15, -0.1) is 0 Å². The van der Waals surface area contributed by atoms with E-state index in [4.69, 9.17) is 23.7 Å². The maximum atomic E-state index is 14.3. The van der Waals surface area contributed by atoms with Crippen LogP contribution in [0.2, 0.25) is 0 Å². The van der Waals surface area contributed by atoms with Crippen LogP contribution in [0.3, 0.4) is 0 Å². The Morgan fingerprint density at radius 1 is 1.13 bits per heavy atom.